The molecule has 0 heterocycles. The van der Waals surface area contributed by atoms with Gasteiger partial charge in [-0.3, -0.25) is 4.90 Å². The summed E-state index contributed by atoms with van der Waals surface area (Å²) in [7, 11) is 14.2. The second-order valence-corrected chi connectivity index (χ2v) is 11.7. The van der Waals surface area contributed by atoms with E-state index in [2.05, 4.69) is 91.4 Å². The van der Waals surface area contributed by atoms with Gasteiger partial charge in [0.05, 0.1) is 42.0 Å². The van der Waals surface area contributed by atoms with Crippen molar-refractivity contribution < 1.29 is 38.2 Å². The van der Waals surface area contributed by atoms with Crippen molar-refractivity contribution in [1.29, 1.82) is 0 Å². The molecule has 3 rings (SSSR count). The van der Waals surface area contributed by atoms with E-state index in [-0.39, 0.29) is 19.5 Å². The number of quaternary nitrogens is 1. The van der Waals surface area contributed by atoms with Gasteiger partial charge in [0.15, 0.2) is 0 Å². The number of hydrogen-bond donors (Lipinski definition) is 0. The fourth-order valence-corrected chi connectivity index (χ4v) is 4.92. The summed E-state index contributed by atoms with van der Waals surface area (Å²) in [6.45, 7) is 9.07. The molecule has 0 amide bonds. The van der Waals surface area contributed by atoms with Gasteiger partial charge >= 0.3 is 19.5 Å². The first-order chi connectivity index (χ1) is 19.7. The molecule has 0 fully saturated rings. The van der Waals surface area contributed by atoms with Gasteiger partial charge in [-0.05, 0) is 73.8 Å². The molecule has 0 aliphatic carbocycles. The van der Waals surface area contributed by atoms with Gasteiger partial charge in [-0.2, -0.15) is 0 Å². The van der Waals surface area contributed by atoms with Crippen molar-refractivity contribution in [3.8, 4) is 17.2 Å². The summed E-state index contributed by atoms with van der Waals surface area (Å²) in [6, 6.07) is 25.2. The molecular formula is C34H51N4O3Zn+3. The molecule has 0 saturated carbocycles. The summed E-state index contributed by atoms with van der Waals surface area (Å²) in [5, 5.41) is 0. The molecule has 3 aromatic carbocycles. The van der Waals surface area contributed by atoms with E-state index in [9.17, 15) is 0 Å². The molecule has 0 unspecified atom stereocenters. The fourth-order valence-electron chi connectivity index (χ4n) is 4.92. The minimum absolute atomic E-state index is 0. The van der Waals surface area contributed by atoms with Crippen molar-refractivity contribution in [3.63, 3.8) is 0 Å². The summed E-state index contributed by atoms with van der Waals surface area (Å²) in [5.41, 5.74) is 3.94. The van der Waals surface area contributed by atoms with Crippen LogP contribution in [0.25, 0.3) is 0 Å². The predicted octanol–water partition coefficient (Wildman–Crippen LogP) is 4.85. The minimum Gasteiger partial charge on any atom is -0.497 e. The molecule has 7 nitrogen and oxygen atoms in total. The van der Waals surface area contributed by atoms with E-state index >= 15 is 0 Å². The number of nitrogens with zero attached hydrogens (tertiary/aromatic N) is 4. The average molecular weight is 629 g/mol. The van der Waals surface area contributed by atoms with Crippen LogP contribution in [0.5, 0.6) is 17.2 Å². The molecule has 0 aromatic heterocycles. The van der Waals surface area contributed by atoms with Crippen molar-refractivity contribution in [2.75, 3.05) is 88.8 Å². The Morgan fingerprint density at radius 3 is 1.24 bits per heavy atom. The molecule has 0 spiro atoms. The minimum atomic E-state index is 0. The van der Waals surface area contributed by atoms with E-state index in [1.54, 1.807) is 21.3 Å². The topological polar surface area (TPSA) is 37.4 Å². The van der Waals surface area contributed by atoms with E-state index in [0.717, 1.165) is 80.6 Å². The Labute approximate surface area is 267 Å². The van der Waals surface area contributed by atoms with E-state index in [4.69, 9.17) is 14.2 Å². The van der Waals surface area contributed by atoms with E-state index in [1.807, 2.05) is 24.3 Å². The van der Waals surface area contributed by atoms with Crippen LogP contribution in [0.2, 0.25) is 0 Å². The van der Waals surface area contributed by atoms with Crippen molar-refractivity contribution in [3.05, 3.63) is 89.5 Å². The van der Waals surface area contributed by atoms with Gasteiger partial charge in [0.2, 0.25) is 0 Å². The zero-order chi connectivity index (χ0) is 29.7. The number of rotatable bonds is 18. The summed E-state index contributed by atoms with van der Waals surface area (Å²) < 4.78 is 16.9. The standard InChI is InChI=1S/C34H51N4O3.Zn/c1-35(26-29-8-14-32(39-5)15-9-29)20-22-37(23-21-36(2)27-30-10-16-33(40-6)17-11-30)24-25-38(3,4)28-31-12-18-34(41-7)19-13-31;/h8-19H,20-28H2,1-7H3;/q+1;+2. The molecular weight excluding hydrogens is 578 g/mol. The number of hydrogen-bond acceptors (Lipinski definition) is 6. The molecule has 0 saturated heterocycles. The van der Waals surface area contributed by atoms with Gasteiger partial charge in [0.1, 0.15) is 23.8 Å². The molecule has 0 aliphatic heterocycles. The van der Waals surface area contributed by atoms with Crippen LogP contribution < -0.4 is 14.2 Å². The summed E-state index contributed by atoms with van der Waals surface area (Å²) in [5.74, 6) is 2.70. The van der Waals surface area contributed by atoms with Gasteiger partial charge in [0, 0.05) is 51.4 Å². The maximum atomic E-state index is 5.34. The Balaban J connectivity index is 0.00000616. The van der Waals surface area contributed by atoms with Gasteiger partial charge in [0.25, 0.3) is 0 Å². The Morgan fingerprint density at radius 1 is 0.524 bits per heavy atom. The molecule has 224 valence electrons. The fraction of sp³-hybridized carbons (Fsp3) is 0.471. The zero-order valence-electron chi connectivity index (χ0n) is 27.0. The molecule has 3 aromatic rings. The Morgan fingerprint density at radius 2 is 0.881 bits per heavy atom. The largest absolute Gasteiger partial charge is 2.00 e. The van der Waals surface area contributed by atoms with Crippen LogP contribution in [0.4, 0.5) is 0 Å². The number of ether oxygens (including phenoxy) is 3. The van der Waals surface area contributed by atoms with Crippen LogP contribution in [0.15, 0.2) is 72.8 Å². The first-order valence-electron chi connectivity index (χ1n) is 14.5. The van der Waals surface area contributed by atoms with E-state index in [0.29, 0.717) is 0 Å². The molecule has 0 radical (unpaired) electrons. The SMILES string of the molecule is COc1ccc(CN(C)CCN(CCN(C)Cc2ccc(OC)cc2)CC[N+](C)(C)Cc2ccc(OC)cc2)cc1.[Zn+2]. The maximum Gasteiger partial charge on any atom is 2.00 e. The molecule has 0 N–H and O–H groups in total. The third-order valence-electron chi connectivity index (χ3n) is 7.61. The summed E-state index contributed by atoms with van der Waals surface area (Å²) in [6.07, 6.45) is 0. The third kappa shape index (κ3) is 12.8. The molecule has 0 bridgehead atoms. The van der Waals surface area contributed by atoms with Gasteiger partial charge in [-0.25, -0.2) is 0 Å². The van der Waals surface area contributed by atoms with Crippen LogP contribution >= 0.6 is 0 Å². The number of methoxy groups -OCH3 is 3. The van der Waals surface area contributed by atoms with Gasteiger partial charge in [-0.15, -0.1) is 0 Å². The monoisotopic (exact) mass is 627 g/mol. The maximum absolute atomic E-state index is 5.34. The van der Waals surface area contributed by atoms with Crippen LogP contribution in [0.3, 0.4) is 0 Å². The second kappa shape index (κ2) is 18.2. The zero-order valence-corrected chi connectivity index (χ0v) is 30.0. The van der Waals surface area contributed by atoms with E-state index in [1.165, 1.54) is 16.7 Å². The summed E-state index contributed by atoms with van der Waals surface area (Å²) >= 11 is 0. The summed E-state index contributed by atoms with van der Waals surface area (Å²) in [4.78, 5) is 7.45. The molecule has 8 heteroatoms. The first kappa shape index (κ1) is 35.7. The molecule has 0 aliphatic rings. The van der Waals surface area contributed by atoms with Gasteiger partial charge in [-0.1, -0.05) is 24.3 Å². The van der Waals surface area contributed by atoms with Crippen molar-refractivity contribution >= 4 is 0 Å². The average Bonchev–Trinajstić information content (AvgIpc) is 2.97. The van der Waals surface area contributed by atoms with Crippen LogP contribution in [0, 0.1) is 0 Å². The van der Waals surface area contributed by atoms with Crippen LogP contribution in [0.1, 0.15) is 16.7 Å². The Hall–Kier alpha value is -2.48. The predicted molar refractivity (Wildman–Crippen MR) is 169 cm³/mol. The van der Waals surface area contributed by atoms with Crippen molar-refractivity contribution in [2.45, 2.75) is 19.6 Å². The Bertz CT molecular complexity index is 1080. The quantitative estimate of drug-likeness (QED) is 0.148. The number of benzene rings is 3. The normalized spacial score (nSPS) is 11.6. The van der Waals surface area contributed by atoms with Crippen LogP contribution in [-0.2, 0) is 39.1 Å². The molecule has 0 atom stereocenters. The Kier molecular flexibility index (Phi) is 15.5. The first-order valence-corrected chi connectivity index (χ1v) is 14.5. The van der Waals surface area contributed by atoms with Gasteiger partial charge < -0.3 is 28.5 Å². The van der Waals surface area contributed by atoms with E-state index < -0.39 is 0 Å². The number of likely N-dealkylation sites (N-methyl/N-ethyl adjacent to an activating group) is 3. The third-order valence-corrected chi connectivity index (χ3v) is 7.61. The second-order valence-electron chi connectivity index (χ2n) is 11.7. The molecule has 42 heavy (non-hydrogen) atoms. The van der Waals surface area contributed by atoms with Crippen molar-refractivity contribution in [2.24, 2.45) is 0 Å². The smallest absolute Gasteiger partial charge is 0.497 e. The van der Waals surface area contributed by atoms with Crippen molar-refractivity contribution in [1.82, 2.24) is 14.7 Å². The van der Waals surface area contributed by atoms with Crippen LogP contribution in [-0.4, -0.2) is 108 Å².